The molecule has 0 spiro atoms. The maximum absolute atomic E-state index is 13.2. The third-order valence-corrected chi connectivity index (χ3v) is 6.88. The van der Waals surface area contributed by atoms with Gasteiger partial charge in [0.2, 0.25) is 0 Å². The minimum atomic E-state index is -0.663. The van der Waals surface area contributed by atoms with Gasteiger partial charge in [-0.05, 0) is 51.0 Å². The third-order valence-electron chi connectivity index (χ3n) is 6.88. The van der Waals surface area contributed by atoms with Crippen LogP contribution in [0.5, 0.6) is 11.5 Å². The van der Waals surface area contributed by atoms with Crippen molar-refractivity contribution < 1.29 is 33.3 Å². The number of nitrogens with zero attached hydrogens (tertiary/aromatic N) is 2. The molecule has 41 heavy (non-hydrogen) atoms. The average Bonchev–Trinajstić information content (AvgIpc) is 3.59. The van der Waals surface area contributed by atoms with Crippen molar-refractivity contribution in [3.05, 3.63) is 77.4 Å². The molecule has 2 aromatic carbocycles. The molecule has 4 rings (SSSR count). The van der Waals surface area contributed by atoms with Gasteiger partial charge in [-0.15, -0.1) is 0 Å². The summed E-state index contributed by atoms with van der Waals surface area (Å²) >= 11 is 0. The minimum absolute atomic E-state index is 0.0155. The zero-order valence-electron chi connectivity index (χ0n) is 24.3. The van der Waals surface area contributed by atoms with Gasteiger partial charge in [0.25, 0.3) is 0 Å². The largest absolute Gasteiger partial charge is 0.491 e. The van der Waals surface area contributed by atoms with Crippen LogP contribution in [0.15, 0.2) is 54.9 Å². The standard InChI is InChI=1S/C32H40N2O7/c1-5-7-17-37-31(35)29-30(32(36)38-18-8-6-2)34(21-33-29)28-19-26(40-25-15-11-23(4)12-16-25)27(41-28)20-39-24-13-9-22(3)10-14-24/h9-16,21,26-28H,5-8,17-20H2,1-4H3/t26-,27+,28-/m0/s1. The molecular formula is C32H40N2O7. The summed E-state index contributed by atoms with van der Waals surface area (Å²) in [5.74, 6) is 0.119. The molecule has 1 aliphatic rings. The van der Waals surface area contributed by atoms with Crippen molar-refractivity contribution in [3.63, 3.8) is 0 Å². The first-order valence-corrected chi connectivity index (χ1v) is 14.4. The first-order valence-electron chi connectivity index (χ1n) is 14.4. The lowest BCUT2D eigenvalue weighted by atomic mass is 10.1. The fourth-order valence-electron chi connectivity index (χ4n) is 4.44. The van der Waals surface area contributed by atoms with Gasteiger partial charge < -0.3 is 23.7 Å². The number of hydrogen-bond acceptors (Lipinski definition) is 8. The molecule has 2 heterocycles. The van der Waals surface area contributed by atoms with Crippen LogP contribution in [0, 0.1) is 13.8 Å². The van der Waals surface area contributed by atoms with Gasteiger partial charge in [0.05, 0.1) is 19.5 Å². The van der Waals surface area contributed by atoms with Crippen molar-refractivity contribution in [1.82, 2.24) is 9.55 Å². The number of carbonyl (C=O) groups is 2. The number of imidazole rings is 1. The van der Waals surface area contributed by atoms with Crippen molar-refractivity contribution in [2.45, 2.75) is 78.2 Å². The predicted molar refractivity (Wildman–Crippen MR) is 153 cm³/mol. The highest BCUT2D eigenvalue weighted by Gasteiger charge is 2.41. The third kappa shape index (κ3) is 8.10. The molecule has 0 N–H and O–H groups in total. The second-order valence-electron chi connectivity index (χ2n) is 10.3. The second-order valence-corrected chi connectivity index (χ2v) is 10.3. The van der Waals surface area contributed by atoms with E-state index in [0.717, 1.165) is 36.1 Å². The van der Waals surface area contributed by atoms with E-state index in [-0.39, 0.29) is 37.3 Å². The Bertz CT molecular complexity index is 1270. The van der Waals surface area contributed by atoms with Gasteiger partial charge in [0, 0.05) is 6.42 Å². The molecule has 0 saturated carbocycles. The van der Waals surface area contributed by atoms with E-state index < -0.39 is 24.3 Å². The molecule has 9 heteroatoms. The average molecular weight is 565 g/mol. The summed E-state index contributed by atoms with van der Waals surface area (Å²) in [4.78, 5) is 30.4. The molecule has 0 radical (unpaired) electrons. The molecule has 9 nitrogen and oxygen atoms in total. The second kappa shape index (κ2) is 14.7. The molecule has 3 aromatic rings. The van der Waals surface area contributed by atoms with Crippen LogP contribution >= 0.6 is 0 Å². The van der Waals surface area contributed by atoms with Crippen LogP contribution in [0.25, 0.3) is 0 Å². The highest BCUT2D eigenvalue weighted by molar-refractivity contribution is 6.00. The van der Waals surface area contributed by atoms with Crippen molar-refractivity contribution in [2.24, 2.45) is 0 Å². The van der Waals surface area contributed by atoms with Crippen molar-refractivity contribution in [3.8, 4) is 11.5 Å². The number of aryl methyl sites for hydroxylation is 2. The number of unbranched alkanes of at least 4 members (excludes halogenated alkanes) is 2. The van der Waals surface area contributed by atoms with E-state index in [4.69, 9.17) is 23.7 Å². The number of carbonyl (C=O) groups excluding carboxylic acids is 2. The molecule has 0 aliphatic carbocycles. The molecule has 0 bridgehead atoms. The van der Waals surface area contributed by atoms with Crippen LogP contribution in [0.3, 0.4) is 0 Å². The zero-order valence-corrected chi connectivity index (χ0v) is 24.3. The van der Waals surface area contributed by atoms with E-state index in [2.05, 4.69) is 4.98 Å². The Kier molecular flexibility index (Phi) is 10.8. The summed E-state index contributed by atoms with van der Waals surface area (Å²) in [7, 11) is 0. The Morgan fingerprint density at radius 1 is 0.878 bits per heavy atom. The molecule has 0 unspecified atom stereocenters. The van der Waals surface area contributed by atoms with E-state index in [1.54, 1.807) is 4.57 Å². The topological polar surface area (TPSA) is 98.1 Å². The van der Waals surface area contributed by atoms with Gasteiger partial charge in [-0.2, -0.15) is 0 Å². The smallest absolute Gasteiger partial charge is 0.359 e. The molecule has 0 amide bonds. The van der Waals surface area contributed by atoms with Gasteiger partial charge >= 0.3 is 11.9 Å². The summed E-state index contributed by atoms with van der Waals surface area (Å²) in [5, 5.41) is 0. The number of rotatable bonds is 14. The van der Waals surface area contributed by atoms with E-state index in [0.29, 0.717) is 18.6 Å². The van der Waals surface area contributed by atoms with Crippen LogP contribution in [-0.4, -0.2) is 53.5 Å². The van der Waals surface area contributed by atoms with E-state index >= 15 is 0 Å². The van der Waals surface area contributed by atoms with Crippen molar-refractivity contribution >= 4 is 11.9 Å². The number of aromatic nitrogens is 2. The Labute approximate surface area is 241 Å². The van der Waals surface area contributed by atoms with Crippen LogP contribution in [0.4, 0.5) is 0 Å². The van der Waals surface area contributed by atoms with Gasteiger partial charge in [-0.1, -0.05) is 62.1 Å². The predicted octanol–water partition coefficient (Wildman–Crippen LogP) is 6.23. The first-order chi connectivity index (χ1) is 19.9. The van der Waals surface area contributed by atoms with Crippen LogP contribution in [-0.2, 0) is 14.2 Å². The highest BCUT2D eigenvalue weighted by Crippen LogP contribution is 2.34. The minimum Gasteiger partial charge on any atom is -0.491 e. The SMILES string of the molecule is CCCCOC(=O)c1ncn([C@@H]2C[C@H](Oc3ccc(C)cc3)[C@@H](COc3ccc(C)cc3)O2)c1C(=O)OCCCC. The number of esters is 2. The summed E-state index contributed by atoms with van der Waals surface area (Å²) in [6.45, 7) is 8.76. The maximum Gasteiger partial charge on any atom is 0.359 e. The normalized spacial score (nSPS) is 18.2. The van der Waals surface area contributed by atoms with Gasteiger partial charge in [-0.3, -0.25) is 4.57 Å². The van der Waals surface area contributed by atoms with Crippen LogP contribution < -0.4 is 9.47 Å². The number of benzene rings is 2. The maximum atomic E-state index is 13.2. The lowest BCUT2D eigenvalue weighted by Gasteiger charge is -2.20. The molecule has 1 saturated heterocycles. The van der Waals surface area contributed by atoms with E-state index in [1.165, 1.54) is 6.33 Å². The summed E-state index contributed by atoms with van der Waals surface area (Å²) in [6.07, 6.45) is 3.50. The number of hydrogen-bond donors (Lipinski definition) is 0. The fourth-order valence-corrected chi connectivity index (χ4v) is 4.44. The van der Waals surface area contributed by atoms with Crippen molar-refractivity contribution in [1.29, 1.82) is 0 Å². The molecule has 3 atom stereocenters. The zero-order chi connectivity index (χ0) is 29.2. The van der Waals surface area contributed by atoms with Gasteiger partial charge in [0.1, 0.15) is 36.5 Å². The summed E-state index contributed by atoms with van der Waals surface area (Å²) in [6, 6.07) is 15.6. The lowest BCUT2D eigenvalue weighted by Crippen LogP contribution is -2.32. The van der Waals surface area contributed by atoms with E-state index in [1.807, 2.05) is 76.2 Å². The molecule has 220 valence electrons. The molecule has 1 aromatic heterocycles. The van der Waals surface area contributed by atoms with Gasteiger partial charge in [0.15, 0.2) is 11.4 Å². The van der Waals surface area contributed by atoms with E-state index in [9.17, 15) is 9.59 Å². The fraction of sp³-hybridized carbons (Fsp3) is 0.469. The Morgan fingerprint density at radius 3 is 2.07 bits per heavy atom. The summed E-state index contributed by atoms with van der Waals surface area (Å²) < 4.78 is 31.3. The highest BCUT2D eigenvalue weighted by atomic mass is 16.6. The van der Waals surface area contributed by atoms with Crippen molar-refractivity contribution in [2.75, 3.05) is 19.8 Å². The first kappa shape index (κ1) is 30.1. The summed E-state index contributed by atoms with van der Waals surface area (Å²) in [5.41, 5.74) is 2.20. The Hall–Kier alpha value is -3.85. The lowest BCUT2D eigenvalue weighted by molar-refractivity contribution is -0.0368. The van der Waals surface area contributed by atoms with Crippen LogP contribution in [0.2, 0.25) is 0 Å². The Balaban J connectivity index is 1.58. The molecule has 1 fully saturated rings. The Morgan fingerprint density at radius 2 is 1.46 bits per heavy atom. The monoisotopic (exact) mass is 564 g/mol. The van der Waals surface area contributed by atoms with Crippen LogP contribution in [0.1, 0.15) is 84.3 Å². The number of ether oxygens (including phenoxy) is 5. The molecule has 1 aliphatic heterocycles. The molecular weight excluding hydrogens is 524 g/mol. The van der Waals surface area contributed by atoms with Gasteiger partial charge in [-0.25, -0.2) is 14.6 Å². The quantitative estimate of drug-likeness (QED) is 0.168.